The van der Waals surface area contributed by atoms with E-state index < -0.39 is 0 Å². The molecule has 0 aliphatic carbocycles. The highest BCUT2D eigenvalue weighted by Gasteiger charge is 2.08. The maximum Gasteiger partial charge on any atom is 0.251 e. The fraction of sp³-hybridized carbons (Fsp3) is 0.118. The first-order chi connectivity index (χ1) is 11.7. The Balaban J connectivity index is 1.66. The van der Waals surface area contributed by atoms with Gasteiger partial charge in [-0.2, -0.15) is 0 Å². The van der Waals surface area contributed by atoms with Gasteiger partial charge in [0.05, 0.1) is 18.8 Å². The van der Waals surface area contributed by atoms with E-state index in [4.69, 9.17) is 5.73 Å². The van der Waals surface area contributed by atoms with Gasteiger partial charge in [-0.25, -0.2) is 4.98 Å². The van der Waals surface area contributed by atoms with Gasteiger partial charge in [0.15, 0.2) is 0 Å². The van der Waals surface area contributed by atoms with Crippen LogP contribution < -0.4 is 16.4 Å². The van der Waals surface area contributed by atoms with E-state index in [0.29, 0.717) is 17.8 Å². The number of rotatable bonds is 5. The van der Waals surface area contributed by atoms with Crippen LogP contribution in [0.3, 0.4) is 0 Å². The van der Waals surface area contributed by atoms with E-state index in [-0.39, 0.29) is 18.4 Å². The topological polar surface area (TPSA) is 102 Å². The van der Waals surface area contributed by atoms with Crippen LogP contribution in [0.1, 0.15) is 16.1 Å². The van der Waals surface area contributed by atoms with Gasteiger partial charge < -0.3 is 20.8 Å². The third-order valence-corrected chi connectivity index (χ3v) is 3.44. The third-order valence-electron chi connectivity index (χ3n) is 3.44. The highest BCUT2D eigenvalue weighted by molar-refractivity contribution is 5.97. The van der Waals surface area contributed by atoms with Crippen molar-refractivity contribution in [2.45, 2.75) is 6.54 Å². The predicted molar refractivity (Wildman–Crippen MR) is 90.5 cm³/mol. The number of carbonyl (C=O) groups is 2. The smallest absolute Gasteiger partial charge is 0.251 e. The Kier molecular flexibility index (Phi) is 4.53. The molecule has 0 aliphatic rings. The molecule has 24 heavy (non-hydrogen) atoms. The second-order valence-corrected chi connectivity index (χ2v) is 5.21. The van der Waals surface area contributed by atoms with Crippen molar-refractivity contribution in [2.24, 2.45) is 5.73 Å². The Hall–Kier alpha value is -3.19. The van der Waals surface area contributed by atoms with Crippen molar-refractivity contribution in [2.75, 3.05) is 11.9 Å². The molecule has 0 unspecified atom stereocenters. The zero-order valence-electron chi connectivity index (χ0n) is 12.9. The molecule has 0 saturated carbocycles. The predicted octanol–water partition coefficient (Wildman–Crippen LogP) is 1.16. The Labute approximate surface area is 138 Å². The average molecular weight is 323 g/mol. The average Bonchev–Trinajstić information content (AvgIpc) is 3.02. The number of fused-ring (bicyclic) bond motifs is 1. The van der Waals surface area contributed by atoms with Crippen molar-refractivity contribution in [1.82, 2.24) is 14.7 Å². The lowest BCUT2D eigenvalue weighted by molar-refractivity contribution is -0.114. The first-order valence-corrected chi connectivity index (χ1v) is 7.46. The minimum absolute atomic E-state index is 0.107. The molecule has 0 radical (unpaired) electrons. The van der Waals surface area contributed by atoms with Crippen LogP contribution in [0.15, 0.2) is 54.9 Å². The Morgan fingerprint density at radius 3 is 2.83 bits per heavy atom. The highest BCUT2D eigenvalue weighted by Crippen LogP contribution is 2.11. The Bertz CT molecular complexity index is 854. The maximum absolute atomic E-state index is 12.3. The van der Waals surface area contributed by atoms with E-state index in [9.17, 15) is 9.59 Å². The maximum atomic E-state index is 12.3. The van der Waals surface area contributed by atoms with Gasteiger partial charge in [-0.15, -0.1) is 0 Å². The van der Waals surface area contributed by atoms with E-state index in [1.54, 1.807) is 24.3 Å². The molecule has 3 rings (SSSR count). The molecule has 0 saturated heterocycles. The second-order valence-electron chi connectivity index (χ2n) is 5.21. The minimum atomic E-state index is -0.308. The first-order valence-electron chi connectivity index (χ1n) is 7.46. The minimum Gasteiger partial charge on any atom is -0.346 e. The normalized spacial score (nSPS) is 10.5. The van der Waals surface area contributed by atoms with Crippen molar-refractivity contribution in [3.63, 3.8) is 0 Å². The molecule has 7 heteroatoms. The zero-order chi connectivity index (χ0) is 16.9. The fourth-order valence-electron chi connectivity index (χ4n) is 2.30. The molecule has 2 amide bonds. The number of benzene rings is 1. The molecule has 0 bridgehead atoms. The van der Waals surface area contributed by atoms with Crippen molar-refractivity contribution in [3.8, 4) is 0 Å². The number of aromatic nitrogens is 2. The lowest BCUT2D eigenvalue weighted by Crippen LogP contribution is -2.24. The SMILES string of the molecule is NCC(=O)Nc1cccc(C(=O)NCc2cn3ccccc3n2)c1. The summed E-state index contributed by atoms with van der Waals surface area (Å²) < 4.78 is 1.89. The summed E-state index contributed by atoms with van der Waals surface area (Å²) in [6.45, 7) is 0.213. The monoisotopic (exact) mass is 323 g/mol. The molecule has 0 aliphatic heterocycles. The molecule has 122 valence electrons. The highest BCUT2D eigenvalue weighted by atomic mass is 16.2. The second kappa shape index (κ2) is 6.93. The lowest BCUT2D eigenvalue weighted by atomic mass is 10.2. The first kappa shape index (κ1) is 15.7. The summed E-state index contributed by atoms with van der Waals surface area (Å²) >= 11 is 0. The van der Waals surface area contributed by atoms with Gasteiger partial charge in [0, 0.05) is 23.6 Å². The molecular formula is C17H17N5O2. The van der Waals surface area contributed by atoms with Crippen LogP contribution in [-0.2, 0) is 11.3 Å². The number of nitrogens with two attached hydrogens (primary N) is 1. The van der Waals surface area contributed by atoms with Crippen molar-refractivity contribution in [3.05, 3.63) is 66.1 Å². The van der Waals surface area contributed by atoms with E-state index in [1.807, 2.05) is 35.0 Å². The van der Waals surface area contributed by atoms with E-state index in [1.165, 1.54) is 0 Å². The Morgan fingerprint density at radius 2 is 2.04 bits per heavy atom. The summed E-state index contributed by atoms with van der Waals surface area (Å²) in [7, 11) is 0. The van der Waals surface area contributed by atoms with E-state index >= 15 is 0 Å². The van der Waals surface area contributed by atoms with Gasteiger partial charge in [-0.05, 0) is 30.3 Å². The van der Waals surface area contributed by atoms with Crippen LogP contribution in [0.4, 0.5) is 5.69 Å². The van der Waals surface area contributed by atoms with Crippen LogP contribution in [-0.4, -0.2) is 27.7 Å². The van der Waals surface area contributed by atoms with Gasteiger partial charge in [0.2, 0.25) is 5.91 Å². The molecule has 1 aromatic carbocycles. The summed E-state index contributed by atoms with van der Waals surface area (Å²) in [4.78, 5) is 28.0. The summed E-state index contributed by atoms with van der Waals surface area (Å²) in [5.74, 6) is -0.548. The largest absolute Gasteiger partial charge is 0.346 e. The molecular weight excluding hydrogens is 306 g/mol. The summed E-state index contributed by atoms with van der Waals surface area (Å²) in [5, 5.41) is 5.44. The van der Waals surface area contributed by atoms with Crippen LogP contribution in [0.25, 0.3) is 5.65 Å². The molecule has 0 fully saturated rings. The number of hydrogen-bond donors (Lipinski definition) is 3. The van der Waals surface area contributed by atoms with Gasteiger partial charge in [-0.1, -0.05) is 12.1 Å². The van der Waals surface area contributed by atoms with Gasteiger partial charge >= 0.3 is 0 Å². The van der Waals surface area contributed by atoms with Gasteiger partial charge in [0.1, 0.15) is 5.65 Å². The molecule has 4 N–H and O–H groups in total. The van der Waals surface area contributed by atoms with Crippen LogP contribution in [0.5, 0.6) is 0 Å². The molecule has 7 nitrogen and oxygen atoms in total. The van der Waals surface area contributed by atoms with Crippen LogP contribution in [0, 0.1) is 0 Å². The number of nitrogens with zero attached hydrogens (tertiary/aromatic N) is 2. The Morgan fingerprint density at radius 1 is 1.17 bits per heavy atom. The molecule has 0 spiro atoms. The van der Waals surface area contributed by atoms with Crippen LogP contribution >= 0.6 is 0 Å². The summed E-state index contributed by atoms with van der Waals surface area (Å²) in [6, 6.07) is 12.4. The summed E-state index contributed by atoms with van der Waals surface area (Å²) in [5.41, 5.74) is 7.84. The van der Waals surface area contributed by atoms with E-state index in [0.717, 1.165) is 11.3 Å². The van der Waals surface area contributed by atoms with Crippen molar-refractivity contribution in [1.29, 1.82) is 0 Å². The number of pyridine rings is 1. The molecule has 3 aromatic rings. The molecule has 2 aromatic heterocycles. The number of nitrogens with one attached hydrogen (secondary N) is 2. The molecule has 0 atom stereocenters. The summed E-state index contributed by atoms with van der Waals surface area (Å²) in [6.07, 6.45) is 3.77. The number of hydrogen-bond acceptors (Lipinski definition) is 4. The number of carbonyl (C=O) groups excluding carboxylic acids is 2. The van der Waals surface area contributed by atoms with Crippen LogP contribution in [0.2, 0.25) is 0 Å². The van der Waals surface area contributed by atoms with Crippen molar-refractivity contribution < 1.29 is 9.59 Å². The quantitative estimate of drug-likeness (QED) is 0.656. The zero-order valence-corrected chi connectivity index (χ0v) is 12.9. The lowest BCUT2D eigenvalue weighted by Gasteiger charge is -2.07. The van der Waals surface area contributed by atoms with Gasteiger partial charge in [-0.3, -0.25) is 9.59 Å². The number of imidazole rings is 1. The third kappa shape index (κ3) is 3.58. The number of anilines is 1. The molecule has 2 heterocycles. The fourth-order valence-corrected chi connectivity index (χ4v) is 2.30. The van der Waals surface area contributed by atoms with Gasteiger partial charge in [0.25, 0.3) is 5.91 Å². The number of amides is 2. The van der Waals surface area contributed by atoms with Crippen molar-refractivity contribution >= 4 is 23.1 Å². The standard InChI is InChI=1S/C17H17N5O2/c18-9-16(23)21-13-5-3-4-12(8-13)17(24)19-10-14-11-22-7-2-1-6-15(22)20-14/h1-8,11H,9-10,18H2,(H,19,24)(H,21,23). The van der Waals surface area contributed by atoms with E-state index in [2.05, 4.69) is 15.6 Å².